The van der Waals surface area contributed by atoms with E-state index in [1.165, 1.54) is 0 Å². The Morgan fingerprint density at radius 1 is 1.48 bits per heavy atom. The van der Waals surface area contributed by atoms with Crippen molar-refractivity contribution in [2.75, 3.05) is 11.9 Å². The summed E-state index contributed by atoms with van der Waals surface area (Å²) < 4.78 is 13.5. The summed E-state index contributed by atoms with van der Waals surface area (Å²) in [4.78, 5) is 21.1. The molecule has 0 heterocycles. The summed E-state index contributed by atoms with van der Waals surface area (Å²) in [5.41, 5.74) is -0.996. The van der Waals surface area contributed by atoms with Gasteiger partial charge in [0.2, 0.25) is 0 Å². The molecule has 112 valence electrons. The van der Waals surface area contributed by atoms with Crippen LogP contribution in [-0.4, -0.2) is 22.5 Å². The summed E-state index contributed by atoms with van der Waals surface area (Å²) >= 11 is 0. The second kappa shape index (κ2) is 6.34. The first-order valence-electron chi connectivity index (χ1n) is 6.59. The van der Waals surface area contributed by atoms with Gasteiger partial charge >= 0.3 is 5.97 Å². The number of aromatic carboxylic acids is 1. The Balaban J connectivity index is 2.22. The second-order valence-corrected chi connectivity index (χ2v) is 4.94. The predicted molar refractivity (Wildman–Crippen MR) is 75.0 cm³/mol. The maximum Gasteiger partial charge on any atom is 0.338 e. The van der Waals surface area contributed by atoms with Crippen molar-refractivity contribution in [2.24, 2.45) is 5.92 Å². The number of carboxylic acid groups (broad SMARTS) is 1. The Bertz CT molecular complexity index is 601. The molecule has 0 saturated heterocycles. The monoisotopic (exact) mass is 294 g/mol. The van der Waals surface area contributed by atoms with E-state index in [2.05, 4.69) is 17.5 Å². The second-order valence-electron chi connectivity index (χ2n) is 4.94. The molecule has 1 aliphatic rings. The number of nitro groups is 1. The SMILES string of the molecule is O=C(O)c1cc(NCC2CC=CCC2)c([N+](=O)[O-])cc1F. The van der Waals surface area contributed by atoms with Crippen LogP contribution < -0.4 is 5.32 Å². The van der Waals surface area contributed by atoms with Gasteiger partial charge in [0.25, 0.3) is 5.69 Å². The maximum atomic E-state index is 13.5. The zero-order valence-electron chi connectivity index (χ0n) is 11.2. The van der Waals surface area contributed by atoms with Crippen LogP contribution in [0, 0.1) is 21.8 Å². The van der Waals surface area contributed by atoms with Crippen LogP contribution in [0.5, 0.6) is 0 Å². The summed E-state index contributed by atoms with van der Waals surface area (Å²) in [7, 11) is 0. The van der Waals surface area contributed by atoms with E-state index in [-0.39, 0.29) is 5.69 Å². The molecule has 1 aromatic carbocycles. The van der Waals surface area contributed by atoms with Gasteiger partial charge in [0.1, 0.15) is 11.5 Å². The lowest BCUT2D eigenvalue weighted by atomic mass is 9.94. The fourth-order valence-corrected chi connectivity index (χ4v) is 2.32. The molecule has 7 heteroatoms. The van der Waals surface area contributed by atoms with Crippen molar-refractivity contribution in [3.63, 3.8) is 0 Å². The van der Waals surface area contributed by atoms with E-state index < -0.39 is 28.0 Å². The van der Waals surface area contributed by atoms with Crippen LogP contribution in [0.1, 0.15) is 29.6 Å². The normalized spacial score (nSPS) is 17.5. The zero-order chi connectivity index (χ0) is 15.4. The van der Waals surface area contributed by atoms with Crippen LogP contribution in [0.2, 0.25) is 0 Å². The number of carbonyl (C=O) groups is 1. The fraction of sp³-hybridized carbons (Fsp3) is 0.357. The van der Waals surface area contributed by atoms with Gasteiger partial charge in [0.05, 0.1) is 16.6 Å². The number of rotatable bonds is 5. The number of anilines is 1. The van der Waals surface area contributed by atoms with Crippen molar-refractivity contribution < 1.29 is 19.2 Å². The highest BCUT2D eigenvalue weighted by molar-refractivity contribution is 5.90. The molecule has 0 aliphatic heterocycles. The molecule has 0 spiro atoms. The minimum Gasteiger partial charge on any atom is -0.478 e. The van der Waals surface area contributed by atoms with Gasteiger partial charge in [-0.15, -0.1) is 0 Å². The number of nitrogens with one attached hydrogen (secondary N) is 1. The van der Waals surface area contributed by atoms with E-state index in [0.29, 0.717) is 18.5 Å². The van der Waals surface area contributed by atoms with Crippen molar-refractivity contribution in [1.82, 2.24) is 0 Å². The number of carboxylic acids is 1. The molecule has 0 bridgehead atoms. The summed E-state index contributed by atoms with van der Waals surface area (Å²) in [6.45, 7) is 0.482. The lowest BCUT2D eigenvalue weighted by Gasteiger charge is -2.19. The highest BCUT2D eigenvalue weighted by atomic mass is 19.1. The topological polar surface area (TPSA) is 92.5 Å². The summed E-state index contributed by atoms with van der Waals surface area (Å²) in [5, 5.41) is 22.7. The molecular formula is C14H15FN2O4. The smallest absolute Gasteiger partial charge is 0.338 e. The first-order chi connectivity index (χ1) is 9.99. The average Bonchev–Trinajstić information content (AvgIpc) is 2.46. The molecule has 0 fully saturated rings. The Morgan fingerprint density at radius 3 is 2.81 bits per heavy atom. The molecule has 1 unspecified atom stereocenters. The van der Waals surface area contributed by atoms with Gasteiger partial charge in [-0.1, -0.05) is 12.2 Å². The molecular weight excluding hydrogens is 279 g/mol. The Labute approximate surface area is 120 Å². The van der Waals surface area contributed by atoms with Crippen molar-refractivity contribution in [3.8, 4) is 0 Å². The van der Waals surface area contributed by atoms with E-state index in [1.807, 2.05) is 0 Å². The van der Waals surface area contributed by atoms with Gasteiger partial charge in [-0.2, -0.15) is 0 Å². The third-order valence-electron chi connectivity index (χ3n) is 3.47. The van der Waals surface area contributed by atoms with Crippen LogP contribution >= 0.6 is 0 Å². The molecule has 1 atom stereocenters. The lowest BCUT2D eigenvalue weighted by Crippen LogP contribution is -2.16. The maximum absolute atomic E-state index is 13.5. The molecule has 1 aromatic rings. The van der Waals surface area contributed by atoms with Crippen molar-refractivity contribution in [3.05, 3.63) is 45.8 Å². The van der Waals surface area contributed by atoms with Crippen molar-refractivity contribution in [1.29, 1.82) is 0 Å². The average molecular weight is 294 g/mol. The van der Waals surface area contributed by atoms with Crippen LogP contribution in [0.3, 0.4) is 0 Å². The van der Waals surface area contributed by atoms with Crippen LogP contribution in [-0.2, 0) is 0 Å². The highest BCUT2D eigenvalue weighted by Crippen LogP contribution is 2.29. The number of benzene rings is 1. The number of hydrogen-bond acceptors (Lipinski definition) is 4. The Hall–Kier alpha value is -2.44. The number of nitro benzene ring substituents is 1. The lowest BCUT2D eigenvalue weighted by molar-refractivity contribution is -0.384. The molecule has 21 heavy (non-hydrogen) atoms. The van der Waals surface area contributed by atoms with Gasteiger partial charge in [-0.3, -0.25) is 10.1 Å². The largest absolute Gasteiger partial charge is 0.478 e. The quantitative estimate of drug-likeness (QED) is 0.494. The predicted octanol–water partition coefficient (Wildman–Crippen LogP) is 3.20. The van der Waals surface area contributed by atoms with Gasteiger partial charge in [0.15, 0.2) is 0 Å². The highest BCUT2D eigenvalue weighted by Gasteiger charge is 2.22. The number of hydrogen-bond donors (Lipinski definition) is 2. The van der Waals surface area contributed by atoms with Crippen molar-refractivity contribution >= 4 is 17.3 Å². The summed E-state index contributed by atoms with van der Waals surface area (Å²) in [6.07, 6.45) is 6.92. The number of allylic oxidation sites excluding steroid dienone is 2. The molecule has 0 saturated carbocycles. The fourth-order valence-electron chi connectivity index (χ4n) is 2.32. The molecule has 2 N–H and O–H groups in total. The number of nitrogens with zero attached hydrogens (tertiary/aromatic N) is 1. The standard InChI is InChI=1S/C14H15FN2O4/c15-11-7-13(17(20)21)12(6-10(11)14(18)19)16-8-9-4-2-1-3-5-9/h1-2,6-7,9,16H,3-5,8H2,(H,18,19). The number of halogens is 1. The Kier molecular flexibility index (Phi) is 4.52. The molecule has 0 radical (unpaired) electrons. The third-order valence-corrected chi connectivity index (χ3v) is 3.47. The minimum atomic E-state index is -1.45. The van der Waals surface area contributed by atoms with Gasteiger partial charge in [-0.25, -0.2) is 9.18 Å². The van der Waals surface area contributed by atoms with Crippen molar-refractivity contribution in [2.45, 2.75) is 19.3 Å². The first kappa shape index (κ1) is 15.0. The van der Waals surface area contributed by atoms with Crippen LogP contribution in [0.4, 0.5) is 15.8 Å². The summed E-state index contributed by atoms with van der Waals surface area (Å²) in [5.74, 6) is -2.24. The molecule has 0 amide bonds. The molecule has 2 rings (SSSR count). The Morgan fingerprint density at radius 2 is 2.24 bits per heavy atom. The van der Waals surface area contributed by atoms with Crippen LogP contribution in [0.25, 0.3) is 0 Å². The zero-order valence-corrected chi connectivity index (χ0v) is 11.2. The van der Waals surface area contributed by atoms with E-state index >= 15 is 0 Å². The van der Waals surface area contributed by atoms with Gasteiger partial charge < -0.3 is 10.4 Å². The van der Waals surface area contributed by atoms with Gasteiger partial charge in [0, 0.05) is 6.54 Å². The molecule has 0 aromatic heterocycles. The third kappa shape index (κ3) is 3.56. The first-order valence-corrected chi connectivity index (χ1v) is 6.59. The minimum absolute atomic E-state index is 0.0355. The van der Waals surface area contributed by atoms with Gasteiger partial charge in [-0.05, 0) is 31.2 Å². The molecule has 6 nitrogen and oxygen atoms in total. The van der Waals surface area contributed by atoms with E-state index in [9.17, 15) is 19.3 Å². The van der Waals surface area contributed by atoms with Crippen LogP contribution in [0.15, 0.2) is 24.3 Å². The van der Waals surface area contributed by atoms with E-state index in [4.69, 9.17) is 5.11 Å². The van der Waals surface area contributed by atoms with E-state index in [1.54, 1.807) is 0 Å². The van der Waals surface area contributed by atoms with E-state index in [0.717, 1.165) is 25.3 Å². The summed E-state index contributed by atoms with van der Waals surface area (Å²) in [6, 6.07) is 1.63. The molecule has 1 aliphatic carbocycles.